The third-order valence-electron chi connectivity index (χ3n) is 10.7. The number of likely N-dealkylation sites (N-methyl/N-ethyl adjacent to an activating group) is 1. The first-order valence-corrected chi connectivity index (χ1v) is 18.1. The Hall–Kier alpha value is -3.50. The van der Waals surface area contributed by atoms with Crippen LogP contribution in [-0.2, 0) is 28.7 Å². The van der Waals surface area contributed by atoms with Crippen molar-refractivity contribution >= 4 is 23.7 Å². The number of unbranched alkanes of at least 4 members (excludes halogenated alkanes) is 2. The summed E-state index contributed by atoms with van der Waals surface area (Å²) in [5, 5.41) is 10.6. The molecule has 8 atom stereocenters. The lowest BCUT2D eigenvalue weighted by molar-refractivity contribution is -0.165. The summed E-state index contributed by atoms with van der Waals surface area (Å²) in [4.78, 5) is 61.6. The number of rotatable bonds is 19. The second kappa shape index (κ2) is 16.9. The monoisotopic (exact) mass is 679 g/mol. The van der Waals surface area contributed by atoms with E-state index in [1.807, 2.05) is 51.1 Å². The number of hydrogen-bond acceptors (Lipinski definition) is 7. The highest BCUT2D eigenvalue weighted by molar-refractivity contribution is 5.98. The van der Waals surface area contributed by atoms with Crippen LogP contribution in [-0.4, -0.2) is 100 Å². The third-order valence-corrected chi connectivity index (χ3v) is 10.7. The molecule has 1 aromatic carbocycles. The Morgan fingerprint density at radius 1 is 1.14 bits per heavy atom. The van der Waals surface area contributed by atoms with Crippen molar-refractivity contribution in [1.29, 1.82) is 0 Å². The number of allylic oxidation sites excluding steroid dienone is 1. The number of likely N-dealkylation sites (tertiary alicyclic amines) is 1. The predicted molar refractivity (Wildman–Crippen MR) is 188 cm³/mol. The van der Waals surface area contributed by atoms with Crippen LogP contribution in [0.1, 0.15) is 90.7 Å². The minimum Gasteiger partial charge on any atom is -0.455 e. The summed E-state index contributed by atoms with van der Waals surface area (Å²) in [5.41, 5.74) is -0.495. The molecule has 0 aromatic heterocycles. The molecule has 1 N–H and O–H groups in total. The van der Waals surface area contributed by atoms with Crippen molar-refractivity contribution in [3.8, 4) is 0 Å². The summed E-state index contributed by atoms with van der Waals surface area (Å²) in [7, 11) is 1.70. The van der Waals surface area contributed by atoms with Crippen LogP contribution < -0.4 is 0 Å². The zero-order valence-corrected chi connectivity index (χ0v) is 30.1. The molecule has 3 heterocycles. The van der Waals surface area contributed by atoms with Gasteiger partial charge < -0.3 is 29.3 Å². The van der Waals surface area contributed by atoms with Gasteiger partial charge in [0.15, 0.2) is 0 Å². The molecule has 4 rings (SSSR count). The first-order valence-electron chi connectivity index (χ1n) is 18.1. The van der Waals surface area contributed by atoms with Gasteiger partial charge in [-0.3, -0.25) is 19.2 Å². The van der Waals surface area contributed by atoms with Crippen LogP contribution in [0.25, 0.3) is 0 Å². The van der Waals surface area contributed by atoms with E-state index in [0.717, 1.165) is 24.8 Å². The van der Waals surface area contributed by atoms with Crippen LogP contribution in [0.3, 0.4) is 0 Å². The zero-order chi connectivity index (χ0) is 35.9. The molecule has 0 saturated carbocycles. The maximum atomic E-state index is 14.7. The number of amides is 3. The van der Waals surface area contributed by atoms with E-state index in [4.69, 9.17) is 9.47 Å². The van der Waals surface area contributed by atoms with Crippen molar-refractivity contribution in [2.75, 3.05) is 26.7 Å². The van der Waals surface area contributed by atoms with E-state index in [-0.39, 0.29) is 36.7 Å². The molecule has 0 radical (unpaired) electrons. The van der Waals surface area contributed by atoms with Gasteiger partial charge in [-0.05, 0) is 50.5 Å². The maximum Gasteiger partial charge on any atom is 0.313 e. The minimum absolute atomic E-state index is 0.0993. The Labute approximate surface area is 292 Å². The van der Waals surface area contributed by atoms with Crippen LogP contribution in [0.4, 0.5) is 0 Å². The fourth-order valence-corrected chi connectivity index (χ4v) is 8.15. The predicted octanol–water partition coefficient (Wildman–Crippen LogP) is 5.07. The number of aliphatic hydroxyl groups is 1. The molecule has 3 fully saturated rings. The van der Waals surface area contributed by atoms with E-state index < -0.39 is 53.7 Å². The van der Waals surface area contributed by atoms with E-state index in [1.54, 1.807) is 33.9 Å². The van der Waals surface area contributed by atoms with Crippen LogP contribution in [0, 0.1) is 17.8 Å². The van der Waals surface area contributed by atoms with Gasteiger partial charge in [0.25, 0.3) is 0 Å². The zero-order valence-electron chi connectivity index (χ0n) is 30.1. The standard InChI is InChI=1S/C39H57N3O7/c1-8-11-16-23-41(22-10-3)37(46)35-39-21-20-30(49-39)32(33(39)36(45)42(35)29(25-43)24-26(4)5)38(47)48-34(28-17-14-13-15-18-28)27(6)40(7)31(44)19-12-9-2/h9-10,13-15,17-18,26-27,29-30,32-35,43H,2-3,8,11-12,16,19-25H2,1,4-7H3/t27-,29-,30+,32-,33-,34+,35+,39-/m1/s1. The lowest BCUT2D eigenvalue weighted by atomic mass is 9.70. The third kappa shape index (κ3) is 7.80. The average molecular weight is 680 g/mol. The van der Waals surface area contributed by atoms with E-state index in [2.05, 4.69) is 20.1 Å². The fraction of sp³-hybridized carbons (Fsp3) is 0.641. The number of hydrogen-bond donors (Lipinski definition) is 1. The number of aliphatic hydroxyl groups excluding tert-OH is 1. The van der Waals surface area contributed by atoms with Crippen molar-refractivity contribution in [3.05, 3.63) is 61.2 Å². The molecular formula is C39H57N3O7. The molecular weight excluding hydrogens is 622 g/mol. The van der Waals surface area contributed by atoms with E-state index in [0.29, 0.717) is 38.8 Å². The smallest absolute Gasteiger partial charge is 0.313 e. The van der Waals surface area contributed by atoms with Crippen LogP contribution >= 0.6 is 0 Å². The Kier molecular flexibility index (Phi) is 13.2. The van der Waals surface area contributed by atoms with E-state index in [9.17, 15) is 24.3 Å². The summed E-state index contributed by atoms with van der Waals surface area (Å²) >= 11 is 0. The van der Waals surface area contributed by atoms with Crippen molar-refractivity contribution in [1.82, 2.24) is 14.7 Å². The highest BCUT2D eigenvalue weighted by atomic mass is 16.6. The molecule has 49 heavy (non-hydrogen) atoms. The molecule has 1 spiro atoms. The molecule has 3 aliphatic heterocycles. The molecule has 270 valence electrons. The fourth-order valence-electron chi connectivity index (χ4n) is 8.15. The summed E-state index contributed by atoms with van der Waals surface area (Å²) in [6.45, 7) is 16.1. The van der Waals surface area contributed by atoms with Crippen LogP contribution in [0.5, 0.6) is 0 Å². The van der Waals surface area contributed by atoms with Gasteiger partial charge >= 0.3 is 5.97 Å². The van der Waals surface area contributed by atoms with Gasteiger partial charge in [0, 0.05) is 26.6 Å². The number of carbonyl (C=O) groups is 4. The number of benzene rings is 1. The first kappa shape index (κ1) is 38.3. The summed E-state index contributed by atoms with van der Waals surface area (Å²) in [5.74, 6) is -3.00. The molecule has 1 aromatic rings. The average Bonchev–Trinajstić information content (AvgIpc) is 3.74. The van der Waals surface area contributed by atoms with Crippen molar-refractivity contribution in [2.45, 2.75) is 115 Å². The number of esters is 1. The van der Waals surface area contributed by atoms with Gasteiger partial charge in [-0.1, -0.05) is 76.1 Å². The maximum absolute atomic E-state index is 14.7. The molecule has 2 bridgehead atoms. The molecule has 0 aliphatic carbocycles. The molecule has 3 amide bonds. The van der Waals surface area contributed by atoms with Crippen molar-refractivity contribution < 1.29 is 33.8 Å². The lowest BCUT2D eigenvalue weighted by Crippen LogP contribution is -2.59. The number of carbonyl (C=O) groups excluding carboxylic acids is 4. The van der Waals surface area contributed by atoms with E-state index >= 15 is 0 Å². The first-order chi connectivity index (χ1) is 23.5. The summed E-state index contributed by atoms with van der Waals surface area (Å²) in [6, 6.07) is 7.18. The SMILES string of the molecule is C=CCCC(=O)N(C)[C@H](C)[C@H](OC(=O)[C@@H]1[C@@H]2CC[C@]3(O2)[C@H](C(=O)N(CC=C)CCCCC)N([C@@H](CO)CC(C)C)C(=O)[C@@H]13)c1ccccc1. The lowest BCUT2D eigenvalue weighted by Gasteiger charge is -2.39. The molecule has 0 unspecified atom stereocenters. The van der Waals surface area contributed by atoms with Crippen LogP contribution in [0.2, 0.25) is 0 Å². The Morgan fingerprint density at radius 2 is 1.86 bits per heavy atom. The number of ether oxygens (including phenoxy) is 2. The molecule has 3 aliphatic rings. The molecule has 10 nitrogen and oxygen atoms in total. The van der Waals surface area contributed by atoms with E-state index in [1.165, 1.54) is 0 Å². The minimum atomic E-state index is -1.22. The van der Waals surface area contributed by atoms with Crippen molar-refractivity contribution in [3.63, 3.8) is 0 Å². The Morgan fingerprint density at radius 3 is 2.47 bits per heavy atom. The summed E-state index contributed by atoms with van der Waals surface area (Å²) < 4.78 is 13.0. The second-order valence-electron chi connectivity index (χ2n) is 14.4. The van der Waals surface area contributed by atoms with Gasteiger partial charge in [0.05, 0.1) is 36.6 Å². The normalized spacial score (nSPS) is 25.9. The Bertz CT molecular complexity index is 1330. The summed E-state index contributed by atoms with van der Waals surface area (Å²) in [6.07, 6.45) is 6.99. The highest BCUT2D eigenvalue weighted by Crippen LogP contribution is 2.59. The number of fused-ring (bicyclic) bond motifs is 1. The van der Waals surface area contributed by atoms with Gasteiger partial charge in [-0.25, -0.2) is 0 Å². The second-order valence-corrected chi connectivity index (χ2v) is 14.4. The quantitative estimate of drug-likeness (QED) is 0.123. The topological polar surface area (TPSA) is 117 Å². The number of nitrogens with zero attached hydrogens (tertiary/aromatic N) is 3. The Balaban J connectivity index is 1.71. The van der Waals surface area contributed by atoms with Gasteiger partial charge in [0.1, 0.15) is 17.7 Å². The van der Waals surface area contributed by atoms with Gasteiger partial charge in [0.2, 0.25) is 17.7 Å². The highest BCUT2D eigenvalue weighted by Gasteiger charge is 2.75. The molecule has 10 heteroatoms. The van der Waals surface area contributed by atoms with Gasteiger partial charge in [-0.2, -0.15) is 0 Å². The largest absolute Gasteiger partial charge is 0.455 e. The van der Waals surface area contributed by atoms with Crippen LogP contribution in [0.15, 0.2) is 55.6 Å². The van der Waals surface area contributed by atoms with Gasteiger partial charge in [-0.15, -0.1) is 13.2 Å². The molecule has 3 saturated heterocycles. The van der Waals surface area contributed by atoms with Crippen molar-refractivity contribution in [2.24, 2.45) is 17.8 Å².